The van der Waals surface area contributed by atoms with Crippen LogP contribution in [0.3, 0.4) is 0 Å². The van der Waals surface area contributed by atoms with Gasteiger partial charge in [0.15, 0.2) is 0 Å². The van der Waals surface area contributed by atoms with Crippen molar-refractivity contribution in [3.05, 3.63) is 29.8 Å². The van der Waals surface area contributed by atoms with E-state index in [4.69, 9.17) is 5.73 Å². The van der Waals surface area contributed by atoms with E-state index in [1.165, 1.54) is 24.8 Å². The van der Waals surface area contributed by atoms with Crippen molar-refractivity contribution < 1.29 is 4.79 Å². The van der Waals surface area contributed by atoms with E-state index >= 15 is 0 Å². The van der Waals surface area contributed by atoms with Crippen LogP contribution in [0, 0.1) is 11.8 Å². The van der Waals surface area contributed by atoms with E-state index in [-0.39, 0.29) is 0 Å². The molecule has 2 N–H and O–H groups in total. The van der Waals surface area contributed by atoms with Gasteiger partial charge in [-0.3, -0.25) is 4.79 Å². The minimum atomic E-state index is 0.296. The summed E-state index contributed by atoms with van der Waals surface area (Å²) in [6.45, 7) is 4.39. The van der Waals surface area contributed by atoms with Gasteiger partial charge in [0.25, 0.3) is 0 Å². The standard InChI is InChI=1S/C18H27NO/c1-3-14-5-4-6-16(12-14)18(20)11-13(2)15-7-9-17(19)10-8-15/h7-10,13-14,16H,3-6,11-12,19H2,1-2H3. The van der Waals surface area contributed by atoms with Crippen LogP contribution in [0.25, 0.3) is 0 Å². The monoisotopic (exact) mass is 273 g/mol. The molecule has 20 heavy (non-hydrogen) atoms. The first-order valence-corrected chi connectivity index (χ1v) is 7.98. The van der Waals surface area contributed by atoms with Crippen LogP contribution in [0.15, 0.2) is 24.3 Å². The van der Waals surface area contributed by atoms with E-state index in [9.17, 15) is 4.79 Å². The molecule has 1 aromatic carbocycles. The van der Waals surface area contributed by atoms with E-state index in [1.807, 2.05) is 24.3 Å². The van der Waals surface area contributed by atoms with Crippen molar-refractivity contribution in [2.45, 2.75) is 58.3 Å². The Morgan fingerprint density at radius 1 is 1.30 bits per heavy atom. The Morgan fingerprint density at radius 3 is 2.65 bits per heavy atom. The van der Waals surface area contributed by atoms with Gasteiger partial charge < -0.3 is 5.73 Å². The molecule has 2 nitrogen and oxygen atoms in total. The molecular weight excluding hydrogens is 246 g/mol. The molecule has 1 saturated carbocycles. The van der Waals surface area contributed by atoms with Gasteiger partial charge in [-0.15, -0.1) is 0 Å². The molecule has 0 bridgehead atoms. The molecule has 0 radical (unpaired) electrons. The van der Waals surface area contributed by atoms with Gasteiger partial charge in [-0.05, 0) is 42.4 Å². The summed E-state index contributed by atoms with van der Waals surface area (Å²) in [5, 5.41) is 0. The third kappa shape index (κ3) is 3.84. The van der Waals surface area contributed by atoms with Gasteiger partial charge >= 0.3 is 0 Å². The van der Waals surface area contributed by atoms with Gasteiger partial charge in [0.2, 0.25) is 0 Å². The zero-order chi connectivity index (χ0) is 14.5. The average molecular weight is 273 g/mol. The van der Waals surface area contributed by atoms with Crippen molar-refractivity contribution >= 4 is 11.5 Å². The van der Waals surface area contributed by atoms with Gasteiger partial charge in [-0.1, -0.05) is 45.2 Å². The average Bonchev–Trinajstić information content (AvgIpc) is 2.47. The van der Waals surface area contributed by atoms with Gasteiger partial charge in [0.1, 0.15) is 5.78 Å². The maximum absolute atomic E-state index is 12.5. The first-order chi connectivity index (χ1) is 9.60. The number of carbonyl (C=O) groups excluding carboxylic acids is 1. The number of anilines is 1. The van der Waals surface area contributed by atoms with Crippen LogP contribution in [0.4, 0.5) is 5.69 Å². The second kappa shape index (κ2) is 6.92. The largest absolute Gasteiger partial charge is 0.399 e. The van der Waals surface area contributed by atoms with E-state index < -0.39 is 0 Å². The van der Waals surface area contributed by atoms with Crippen molar-refractivity contribution in [1.29, 1.82) is 0 Å². The van der Waals surface area contributed by atoms with Gasteiger partial charge in [-0.25, -0.2) is 0 Å². The first-order valence-electron chi connectivity index (χ1n) is 7.98. The Bertz CT molecular complexity index is 437. The van der Waals surface area contributed by atoms with Crippen LogP contribution in [0.2, 0.25) is 0 Å². The normalized spacial score (nSPS) is 24.3. The second-order valence-corrected chi connectivity index (χ2v) is 6.38. The van der Waals surface area contributed by atoms with Crippen molar-refractivity contribution in [3.8, 4) is 0 Å². The molecule has 1 aromatic rings. The fraction of sp³-hybridized carbons (Fsp3) is 0.611. The summed E-state index contributed by atoms with van der Waals surface area (Å²) < 4.78 is 0. The highest BCUT2D eigenvalue weighted by molar-refractivity contribution is 5.81. The molecule has 1 aliphatic rings. The molecule has 0 amide bonds. The summed E-state index contributed by atoms with van der Waals surface area (Å²) in [7, 11) is 0. The van der Waals surface area contributed by atoms with Gasteiger partial charge in [-0.2, -0.15) is 0 Å². The van der Waals surface area contributed by atoms with E-state index in [0.717, 1.165) is 24.4 Å². The molecule has 2 heteroatoms. The molecule has 1 fully saturated rings. The predicted molar refractivity (Wildman–Crippen MR) is 84.6 cm³/mol. The Labute approximate surface area is 122 Å². The summed E-state index contributed by atoms with van der Waals surface area (Å²) in [5.74, 6) is 1.84. The molecule has 0 heterocycles. The third-order valence-electron chi connectivity index (χ3n) is 4.83. The van der Waals surface area contributed by atoms with Gasteiger partial charge in [0.05, 0.1) is 0 Å². The fourth-order valence-electron chi connectivity index (χ4n) is 3.37. The number of ketones is 1. The minimum Gasteiger partial charge on any atom is -0.399 e. The number of hydrogen-bond donors (Lipinski definition) is 1. The number of carbonyl (C=O) groups is 1. The number of nitrogens with two attached hydrogens (primary N) is 1. The van der Waals surface area contributed by atoms with E-state index in [0.29, 0.717) is 24.0 Å². The van der Waals surface area contributed by atoms with Crippen LogP contribution < -0.4 is 5.73 Å². The number of benzene rings is 1. The minimum absolute atomic E-state index is 0.296. The Morgan fingerprint density at radius 2 is 2.00 bits per heavy atom. The number of nitrogen functional groups attached to an aromatic ring is 1. The van der Waals surface area contributed by atoms with Crippen LogP contribution in [-0.2, 0) is 4.79 Å². The zero-order valence-electron chi connectivity index (χ0n) is 12.8. The Hall–Kier alpha value is -1.31. The topological polar surface area (TPSA) is 43.1 Å². The molecular formula is C18H27NO. The lowest BCUT2D eigenvalue weighted by Crippen LogP contribution is -2.23. The van der Waals surface area contributed by atoms with Crippen molar-refractivity contribution in [1.82, 2.24) is 0 Å². The summed E-state index contributed by atoms with van der Waals surface area (Å²) in [6, 6.07) is 7.93. The lowest BCUT2D eigenvalue weighted by atomic mass is 9.76. The number of rotatable bonds is 5. The van der Waals surface area contributed by atoms with Crippen LogP contribution in [0.5, 0.6) is 0 Å². The highest BCUT2D eigenvalue weighted by Gasteiger charge is 2.27. The smallest absolute Gasteiger partial charge is 0.136 e. The predicted octanol–water partition coefficient (Wildman–Crippen LogP) is 4.55. The van der Waals surface area contributed by atoms with Crippen molar-refractivity contribution in [3.63, 3.8) is 0 Å². The SMILES string of the molecule is CCC1CCCC(C(=O)CC(C)c2ccc(N)cc2)C1. The zero-order valence-corrected chi connectivity index (χ0v) is 12.8. The van der Waals surface area contributed by atoms with Crippen LogP contribution in [-0.4, -0.2) is 5.78 Å². The lowest BCUT2D eigenvalue weighted by molar-refractivity contribution is -0.124. The summed E-state index contributed by atoms with van der Waals surface area (Å²) in [4.78, 5) is 12.5. The first kappa shape index (κ1) is 15.1. The molecule has 110 valence electrons. The third-order valence-corrected chi connectivity index (χ3v) is 4.83. The summed E-state index contributed by atoms with van der Waals surface area (Å²) in [5.41, 5.74) is 7.71. The molecule has 3 atom stereocenters. The molecule has 0 saturated heterocycles. The van der Waals surface area contributed by atoms with Crippen LogP contribution in [0.1, 0.15) is 63.9 Å². The summed E-state index contributed by atoms with van der Waals surface area (Å²) >= 11 is 0. The molecule has 0 aliphatic heterocycles. The van der Waals surface area contributed by atoms with Crippen molar-refractivity contribution in [2.75, 3.05) is 5.73 Å². The Kier molecular flexibility index (Phi) is 5.22. The maximum atomic E-state index is 12.5. The highest BCUT2D eigenvalue weighted by atomic mass is 16.1. The fourth-order valence-corrected chi connectivity index (χ4v) is 3.37. The Balaban J connectivity index is 1.91. The quantitative estimate of drug-likeness (QED) is 0.800. The number of hydrogen-bond acceptors (Lipinski definition) is 2. The van der Waals surface area contributed by atoms with Crippen LogP contribution >= 0.6 is 0 Å². The molecule has 0 aromatic heterocycles. The summed E-state index contributed by atoms with van der Waals surface area (Å²) in [6.07, 6.45) is 6.65. The molecule has 3 unspecified atom stereocenters. The lowest BCUT2D eigenvalue weighted by Gasteiger charge is -2.28. The van der Waals surface area contributed by atoms with E-state index in [1.54, 1.807) is 0 Å². The maximum Gasteiger partial charge on any atom is 0.136 e. The molecule has 0 spiro atoms. The van der Waals surface area contributed by atoms with Crippen molar-refractivity contribution in [2.24, 2.45) is 11.8 Å². The van der Waals surface area contributed by atoms with Gasteiger partial charge in [0, 0.05) is 18.0 Å². The second-order valence-electron chi connectivity index (χ2n) is 6.38. The molecule has 1 aliphatic carbocycles. The highest BCUT2D eigenvalue weighted by Crippen LogP contribution is 2.33. The molecule has 2 rings (SSSR count). The number of Topliss-reactive ketones (excluding diaryl/α,β-unsaturated/α-hetero) is 1. The van der Waals surface area contributed by atoms with E-state index in [2.05, 4.69) is 13.8 Å².